The zero-order chi connectivity index (χ0) is 14.6. The molecule has 2 bridgehead atoms. The lowest BCUT2D eigenvalue weighted by Gasteiger charge is -2.38. The Morgan fingerprint density at radius 2 is 1.58 bits per heavy atom. The average Bonchev–Trinajstić information content (AvgIpc) is 2.87. The van der Waals surface area contributed by atoms with Crippen LogP contribution < -0.4 is 0 Å². The van der Waals surface area contributed by atoms with Gasteiger partial charge in [0.05, 0.1) is 0 Å². The van der Waals surface area contributed by atoms with Gasteiger partial charge in [-0.15, -0.1) is 0 Å². The predicted molar refractivity (Wildman–Crippen MR) is 53.0 cm³/mol. The number of rotatable bonds is 3. The molecule has 110 valence electrons. The number of fused-ring (bicyclic) bond motifs is 2. The number of hydrogen-bond acceptors (Lipinski definition) is 3. The van der Waals surface area contributed by atoms with E-state index in [4.69, 9.17) is 10.2 Å². The van der Waals surface area contributed by atoms with E-state index in [2.05, 4.69) is 0 Å². The molecule has 1 saturated carbocycles. The summed E-state index contributed by atoms with van der Waals surface area (Å²) in [5.74, 6) is -11.9. The molecule has 2 aliphatic rings. The maximum absolute atomic E-state index is 13.6. The van der Waals surface area contributed by atoms with Gasteiger partial charge in [-0.3, -0.25) is 0 Å². The summed E-state index contributed by atoms with van der Waals surface area (Å²) in [5, 5.41) is 26.9. The third-order valence-electron chi connectivity index (χ3n) is 3.97. The van der Waals surface area contributed by atoms with Gasteiger partial charge in [0.25, 0.3) is 0 Å². The van der Waals surface area contributed by atoms with Crippen molar-refractivity contribution in [1.82, 2.24) is 0 Å². The van der Waals surface area contributed by atoms with E-state index in [0.717, 1.165) is 0 Å². The largest absolute Gasteiger partial charge is 0.449 e. The van der Waals surface area contributed by atoms with Gasteiger partial charge < -0.3 is 15.3 Å². The zero-order valence-corrected chi connectivity index (χ0v) is 9.61. The van der Waals surface area contributed by atoms with Crippen LogP contribution in [-0.4, -0.2) is 39.3 Å². The van der Waals surface area contributed by atoms with Crippen LogP contribution in [0.3, 0.4) is 0 Å². The van der Waals surface area contributed by atoms with Crippen molar-refractivity contribution in [3.05, 3.63) is 12.2 Å². The third kappa shape index (κ3) is 2.05. The topological polar surface area (TPSA) is 60.7 Å². The molecule has 3 nitrogen and oxygen atoms in total. The Labute approximate surface area is 105 Å². The SMILES string of the molecule is OC(C1CC2C=C[C@H]1C2)C(F)(F)C(O)(O)C(F)(F)F. The molecule has 0 aromatic carbocycles. The Bertz CT molecular complexity index is 390. The van der Waals surface area contributed by atoms with E-state index in [1.54, 1.807) is 12.2 Å². The van der Waals surface area contributed by atoms with Crippen LogP contribution in [0.2, 0.25) is 0 Å². The maximum atomic E-state index is 13.6. The van der Waals surface area contributed by atoms with Crippen LogP contribution in [0.5, 0.6) is 0 Å². The minimum atomic E-state index is -5.95. The number of aliphatic hydroxyl groups excluding tert-OH is 1. The fraction of sp³-hybridized carbons (Fsp3) is 0.818. The number of alkyl halides is 5. The highest BCUT2D eigenvalue weighted by molar-refractivity contribution is 5.13. The van der Waals surface area contributed by atoms with Crippen LogP contribution in [0.15, 0.2) is 12.2 Å². The van der Waals surface area contributed by atoms with Crippen molar-refractivity contribution in [2.45, 2.75) is 36.8 Å². The first-order chi connectivity index (χ1) is 8.48. The Balaban J connectivity index is 2.22. The number of allylic oxidation sites excluding steroid dienone is 2. The molecule has 0 heterocycles. The molecule has 19 heavy (non-hydrogen) atoms. The van der Waals surface area contributed by atoms with Crippen molar-refractivity contribution in [3.63, 3.8) is 0 Å². The third-order valence-corrected chi connectivity index (χ3v) is 3.97. The molecule has 1 fully saturated rings. The molecule has 0 aromatic rings. The van der Waals surface area contributed by atoms with Gasteiger partial charge in [0.15, 0.2) is 0 Å². The lowest BCUT2D eigenvalue weighted by atomic mass is 9.83. The molecule has 0 aliphatic heterocycles. The van der Waals surface area contributed by atoms with Gasteiger partial charge in [-0.1, -0.05) is 12.2 Å². The van der Waals surface area contributed by atoms with Crippen molar-refractivity contribution in [1.29, 1.82) is 0 Å². The van der Waals surface area contributed by atoms with E-state index < -0.39 is 35.8 Å². The summed E-state index contributed by atoms with van der Waals surface area (Å²) in [6.45, 7) is 0. The second-order valence-electron chi connectivity index (χ2n) is 5.18. The second kappa shape index (κ2) is 4.13. The van der Waals surface area contributed by atoms with Crippen LogP contribution >= 0.6 is 0 Å². The molecule has 3 unspecified atom stereocenters. The molecule has 0 spiro atoms. The maximum Gasteiger partial charge on any atom is 0.449 e. The van der Waals surface area contributed by atoms with E-state index in [0.29, 0.717) is 6.42 Å². The Morgan fingerprint density at radius 3 is 1.95 bits per heavy atom. The number of aliphatic hydroxyl groups is 3. The van der Waals surface area contributed by atoms with Crippen molar-refractivity contribution in [2.24, 2.45) is 17.8 Å². The van der Waals surface area contributed by atoms with E-state index in [1.807, 2.05) is 0 Å². The van der Waals surface area contributed by atoms with Crippen molar-refractivity contribution in [3.8, 4) is 0 Å². The van der Waals surface area contributed by atoms with E-state index in [9.17, 15) is 27.1 Å². The monoisotopic (exact) mass is 288 g/mol. The zero-order valence-electron chi connectivity index (χ0n) is 9.61. The molecule has 0 radical (unpaired) electrons. The standard InChI is InChI=1S/C11H13F5O3/c12-9(13,10(18,19)11(14,15)16)8(17)7-4-5-1-2-6(7)3-5/h1-2,5-8,17-19H,3-4H2/t5?,6-,7?,8?/m0/s1. The molecule has 4 atom stereocenters. The highest BCUT2D eigenvalue weighted by Crippen LogP contribution is 2.51. The van der Waals surface area contributed by atoms with Gasteiger partial charge in [0, 0.05) is 0 Å². The molecular weight excluding hydrogens is 275 g/mol. The molecular formula is C11H13F5O3. The average molecular weight is 288 g/mol. The molecule has 0 saturated heterocycles. The lowest BCUT2D eigenvalue weighted by molar-refractivity contribution is -0.431. The predicted octanol–water partition coefficient (Wildman–Crippen LogP) is 1.44. The molecule has 2 aliphatic carbocycles. The highest BCUT2D eigenvalue weighted by atomic mass is 19.4. The van der Waals surface area contributed by atoms with E-state index in [-0.39, 0.29) is 12.3 Å². The van der Waals surface area contributed by atoms with Crippen LogP contribution in [0.1, 0.15) is 12.8 Å². The smallest absolute Gasteiger partial charge is 0.386 e. The summed E-state index contributed by atoms with van der Waals surface area (Å²) in [4.78, 5) is 0. The van der Waals surface area contributed by atoms with Gasteiger partial charge in [0.1, 0.15) is 6.10 Å². The summed E-state index contributed by atoms with van der Waals surface area (Å²) in [7, 11) is 0. The van der Waals surface area contributed by atoms with E-state index in [1.165, 1.54) is 0 Å². The first-order valence-corrected chi connectivity index (χ1v) is 5.74. The Morgan fingerprint density at radius 1 is 1.00 bits per heavy atom. The summed E-state index contributed by atoms with van der Waals surface area (Å²) in [6.07, 6.45) is -4.77. The first kappa shape index (κ1) is 14.7. The molecule has 3 N–H and O–H groups in total. The Hall–Kier alpha value is -0.730. The Kier molecular flexibility index (Phi) is 3.19. The fourth-order valence-corrected chi connectivity index (χ4v) is 2.85. The number of hydrogen-bond donors (Lipinski definition) is 3. The minimum Gasteiger partial charge on any atom is -0.386 e. The second-order valence-corrected chi connectivity index (χ2v) is 5.18. The van der Waals surface area contributed by atoms with Gasteiger partial charge in [-0.25, -0.2) is 0 Å². The van der Waals surface area contributed by atoms with Crippen molar-refractivity contribution >= 4 is 0 Å². The fourth-order valence-electron chi connectivity index (χ4n) is 2.85. The molecule has 0 aromatic heterocycles. The first-order valence-electron chi connectivity index (χ1n) is 5.74. The van der Waals surface area contributed by atoms with Crippen molar-refractivity contribution < 1.29 is 37.3 Å². The molecule has 0 amide bonds. The summed E-state index contributed by atoms with van der Waals surface area (Å²) in [6, 6.07) is 0. The van der Waals surface area contributed by atoms with Crippen LogP contribution in [0, 0.1) is 17.8 Å². The van der Waals surface area contributed by atoms with E-state index >= 15 is 0 Å². The van der Waals surface area contributed by atoms with Gasteiger partial charge in [-0.05, 0) is 30.6 Å². The molecule has 8 heteroatoms. The number of halogens is 5. The lowest BCUT2D eigenvalue weighted by Crippen LogP contribution is -2.65. The van der Waals surface area contributed by atoms with Gasteiger partial charge in [-0.2, -0.15) is 22.0 Å². The van der Waals surface area contributed by atoms with Crippen LogP contribution in [-0.2, 0) is 0 Å². The van der Waals surface area contributed by atoms with Crippen LogP contribution in [0.25, 0.3) is 0 Å². The van der Waals surface area contributed by atoms with Crippen LogP contribution in [0.4, 0.5) is 22.0 Å². The summed E-state index contributed by atoms with van der Waals surface area (Å²) in [5.41, 5.74) is 0. The minimum absolute atomic E-state index is 0.0434. The van der Waals surface area contributed by atoms with Gasteiger partial charge >= 0.3 is 17.9 Å². The highest BCUT2D eigenvalue weighted by Gasteiger charge is 2.72. The molecule has 2 rings (SSSR count). The van der Waals surface area contributed by atoms with Gasteiger partial charge in [0.2, 0.25) is 0 Å². The quantitative estimate of drug-likeness (QED) is 0.418. The summed E-state index contributed by atoms with van der Waals surface area (Å²) < 4.78 is 63.9. The normalized spacial score (nSPS) is 32.9. The van der Waals surface area contributed by atoms with Crippen molar-refractivity contribution in [2.75, 3.05) is 0 Å². The summed E-state index contributed by atoms with van der Waals surface area (Å²) >= 11 is 0.